The predicted octanol–water partition coefficient (Wildman–Crippen LogP) is 5.06. The Balaban J connectivity index is 1.87. The van der Waals surface area contributed by atoms with E-state index in [0.717, 1.165) is 33.5 Å². The monoisotopic (exact) mass is 357 g/mol. The zero-order valence-corrected chi connectivity index (χ0v) is 14.9. The first-order valence-corrected chi connectivity index (χ1v) is 8.70. The van der Waals surface area contributed by atoms with Crippen LogP contribution < -0.4 is 4.74 Å². The van der Waals surface area contributed by atoms with Crippen LogP contribution in [0.3, 0.4) is 0 Å². The molecule has 0 amide bonds. The molecule has 4 aromatic rings. The number of aromatic nitrogens is 1. The summed E-state index contributed by atoms with van der Waals surface area (Å²) in [7, 11) is 1.66. The molecule has 0 aliphatic carbocycles. The van der Waals surface area contributed by atoms with Gasteiger partial charge in [-0.25, -0.2) is 4.79 Å². The number of hydrogen-bond donors (Lipinski definition) is 1. The number of fused-ring (bicyclic) bond motifs is 1. The van der Waals surface area contributed by atoms with Gasteiger partial charge in [-0.15, -0.1) is 0 Å². The largest absolute Gasteiger partial charge is 0.497 e. The minimum absolute atomic E-state index is 0.298. The molecule has 0 atom stereocenters. The quantitative estimate of drug-likeness (QED) is 0.543. The Kier molecular flexibility index (Phi) is 4.38. The minimum atomic E-state index is -0.915. The molecule has 0 spiro atoms. The molecule has 4 nitrogen and oxygen atoms in total. The van der Waals surface area contributed by atoms with Crippen LogP contribution in [0.5, 0.6) is 5.75 Å². The molecule has 134 valence electrons. The molecule has 0 aliphatic heterocycles. The number of carboxylic acid groups (broad SMARTS) is 1. The van der Waals surface area contributed by atoms with E-state index in [1.165, 1.54) is 0 Å². The van der Waals surface area contributed by atoms with Gasteiger partial charge < -0.3 is 14.4 Å². The molecule has 0 saturated heterocycles. The summed E-state index contributed by atoms with van der Waals surface area (Å²) < 4.78 is 7.58. The van der Waals surface area contributed by atoms with Crippen molar-refractivity contribution in [2.24, 2.45) is 0 Å². The molecule has 1 aromatic heterocycles. The van der Waals surface area contributed by atoms with Crippen LogP contribution >= 0.6 is 0 Å². The van der Waals surface area contributed by atoms with Crippen LogP contribution in [0.1, 0.15) is 15.9 Å². The highest BCUT2D eigenvalue weighted by molar-refractivity contribution is 5.89. The van der Waals surface area contributed by atoms with E-state index in [1.807, 2.05) is 42.5 Å². The van der Waals surface area contributed by atoms with E-state index in [1.54, 1.807) is 25.3 Å². The summed E-state index contributed by atoms with van der Waals surface area (Å²) in [4.78, 5) is 11.3. The van der Waals surface area contributed by atoms with Crippen LogP contribution in [0, 0.1) is 0 Å². The van der Waals surface area contributed by atoms with Crippen molar-refractivity contribution in [2.75, 3.05) is 7.11 Å². The van der Waals surface area contributed by atoms with Crippen LogP contribution in [0.25, 0.3) is 22.2 Å². The summed E-state index contributed by atoms with van der Waals surface area (Å²) in [5.41, 5.74) is 4.52. The predicted molar refractivity (Wildman–Crippen MR) is 106 cm³/mol. The molecule has 3 aromatic carbocycles. The van der Waals surface area contributed by atoms with E-state index >= 15 is 0 Å². The second kappa shape index (κ2) is 7.00. The van der Waals surface area contributed by atoms with Crippen LogP contribution in [-0.2, 0) is 6.54 Å². The average molecular weight is 357 g/mol. The van der Waals surface area contributed by atoms with E-state index in [0.29, 0.717) is 12.1 Å². The molecular weight excluding hydrogens is 338 g/mol. The lowest BCUT2D eigenvalue weighted by molar-refractivity contribution is 0.0696. The van der Waals surface area contributed by atoms with Gasteiger partial charge >= 0.3 is 5.97 Å². The fraction of sp³-hybridized carbons (Fsp3) is 0.0870. The molecule has 27 heavy (non-hydrogen) atoms. The smallest absolute Gasteiger partial charge is 0.335 e. The van der Waals surface area contributed by atoms with Crippen molar-refractivity contribution < 1.29 is 14.6 Å². The van der Waals surface area contributed by atoms with Crippen LogP contribution in [0.4, 0.5) is 0 Å². The second-order valence-corrected chi connectivity index (χ2v) is 6.41. The first-order valence-electron chi connectivity index (χ1n) is 8.70. The highest BCUT2D eigenvalue weighted by atomic mass is 16.5. The molecule has 0 aliphatic rings. The number of benzene rings is 3. The number of hydrogen-bond acceptors (Lipinski definition) is 2. The number of ether oxygens (including phenoxy) is 1. The molecule has 0 radical (unpaired) electrons. The van der Waals surface area contributed by atoms with Gasteiger partial charge in [0.25, 0.3) is 0 Å². The Hall–Kier alpha value is -3.53. The Morgan fingerprint density at radius 2 is 1.78 bits per heavy atom. The third-order valence-electron chi connectivity index (χ3n) is 4.69. The molecular formula is C23H19NO3. The maximum atomic E-state index is 11.3. The van der Waals surface area contributed by atoms with Crippen LogP contribution in [0.2, 0.25) is 0 Å². The van der Waals surface area contributed by atoms with Crippen molar-refractivity contribution in [1.29, 1.82) is 0 Å². The first-order chi connectivity index (χ1) is 13.2. The van der Waals surface area contributed by atoms with Crippen molar-refractivity contribution in [3.63, 3.8) is 0 Å². The lowest BCUT2D eigenvalue weighted by Crippen LogP contribution is -2.04. The van der Waals surface area contributed by atoms with Gasteiger partial charge in [0.2, 0.25) is 0 Å². The van der Waals surface area contributed by atoms with E-state index in [9.17, 15) is 9.90 Å². The zero-order chi connectivity index (χ0) is 18.8. The maximum absolute atomic E-state index is 11.3. The molecule has 1 heterocycles. The third-order valence-corrected chi connectivity index (χ3v) is 4.69. The average Bonchev–Trinajstić information content (AvgIpc) is 3.06. The fourth-order valence-electron chi connectivity index (χ4n) is 3.38. The third kappa shape index (κ3) is 3.29. The van der Waals surface area contributed by atoms with Gasteiger partial charge in [0.15, 0.2) is 0 Å². The normalized spacial score (nSPS) is 10.9. The Morgan fingerprint density at radius 3 is 2.52 bits per heavy atom. The number of aromatic carboxylic acids is 1. The lowest BCUT2D eigenvalue weighted by atomic mass is 10.1. The summed E-state index contributed by atoms with van der Waals surface area (Å²) >= 11 is 0. The van der Waals surface area contributed by atoms with Gasteiger partial charge in [-0.2, -0.15) is 0 Å². The number of rotatable bonds is 5. The van der Waals surface area contributed by atoms with Gasteiger partial charge in [-0.05, 0) is 47.5 Å². The number of carbonyl (C=O) groups is 1. The van der Waals surface area contributed by atoms with Crippen molar-refractivity contribution in [3.8, 4) is 17.0 Å². The second-order valence-electron chi connectivity index (χ2n) is 6.41. The van der Waals surface area contributed by atoms with Gasteiger partial charge in [0.05, 0.1) is 12.7 Å². The van der Waals surface area contributed by atoms with Gasteiger partial charge in [0.1, 0.15) is 5.75 Å². The molecule has 0 bridgehead atoms. The van der Waals surface area contributed by atoms with Gasteiger partial charge in [0, 0.05) is 23.1 Å². The molecule has 0 saturated carbocycles. The van der Waals surface area contributed by atoms with Crippen LogP contribution in [0.15, 0.2) is 78.9 Å². The van der Waals surface area contributed by atoms with E-state index < -0.39 is 5.97 Å². The molecule has 4 heteroatoms. The topological polar surface area (TPSA) is 51.5 Å². The number of carboxylic acids is 1. The lowest BCUT2D eigenvalue weighted by Gasteiger charge is -2.12. The number of nitrogens with zero attached hydrogens (tertiary/aromatic N) is 1. The van der Waals surface area contributed by atoms with Crippen LogP contribution in [-0.4, -0.2) is 22.8 Å². The SMILES string of the molecule is COc1ccc2c(c1)cc(-c1ccccc1)n2Cc1cccc(C(=O)O)c1. The van der Waals surface area contributed by atoms with Crippen molar-refractivity contribution in [1.82, 2.24) is 4.57 Å². The van der Waals surface area contributed by atoms with E-state index in [2.05, 4.69) is 22.8 Å². The van der Waals surface area contributed by atoms with Crippen molar-refractivity contribution in [2.45, 2.75) is 6.54 Å². The summed E-state index contributed by atoms with van der Waals surface area (Å²) in [5.74, 6) is -0.102. The minimum Gasteiger partial charge on any atom is -0.497 e. The number of methoxy groups -OCH3 is 1. The highest BCUT2D eigenvalue weighted by Crippen LogP contribution is 2.31. The summed E-state index contributed by atoms with van der Waals surface area (Å²) in [6, 6.07) is 25.4. The Bertz CT molecular complexity index is 1110. The molecule has 0 unspecified atom stereocenters. The summed E-state index contributed by atoms with van der Waals surface area (Å²) in [6.07, 6.45) is 0. The zero-order valence-electron chi connectivity index (χ0n) is 14.9. The van der Waals surface area contributed by atoms with Crippen molar-refractivity contribution >= 4 is 16.9 Å². The van der Waals surface area contributed by atoms with Gasteiger partial charge in [-0.1, -0.05) is 42.5 Å². The fourth-order valence-corrected chi connectivity index (χ4v) is 3.38. The maximum Gasteiger partial charge on any atom is 0.335 e. The molecule has 0 fully saturated rings. The van der Waals surface area contributed by atoms with E-state index in [-0.39, 0.29) is 0 Å². The summed E-state index contributed by atoms with van der Waals surface area (Å²) in [5, 5.41) is 10.4. The van der Waals surface area contributed by atoms with E-state index in [4.69, 9.17) is 4.74 Å². The summed E-state index contributed by atoms with van der Waals surface area (Å²) in [6.45, 7) is 0.585. The standard InChI is InChI=1S/C23H19NO3/c1-27-20-10-11-21-19(13-20)14-22(17-7-3-2-4-8-17)24(21)15-16-6-5-9-18(12-16)23(25)26/h2-14H,15H2,1H3,(H,25,26). The highest BCUT2D eigenvalue weighted by Gasteiger charge is 2.13. The van der Waals surface area contributed by atoms with Gasteiger partial charge in [-0.3, -0.25) is 0 Å². The first kappa shape index (κ1) is 16.9. The Labute approximate surface area is 157 Å². The van der Waals surface area contributed by atoms with Crippen molar-refractivity contribution in [3.05, 3.63) is 90.0 Å². The molecule has 4 rings (SSSR count). The molecule has 1 N–H and O–H groups in total. The Morgan fingerprint density at radius 1 is 0.963 bits per heavy atom.